The molecule has 0 radical (unpaired) electrons. The molecule has 4 N–H and O–H groups in total. The molecule has 3 aromatic carbocycles. The number of fused-ring (bicyclic) bond motifs is 6. The van der Waals surface area contributed by atoms with Crippen LogP contribution in [0.25, 0.3) is 0 Å². The number of carbonyl (C=O) groups excluding carboxylic acids is 2. The highest BCUT2D eigenvalue weighted by Gasteiger charge is 2.54. The van der Waals surface area contributed by atoms with Crippen molar-refractivity contribution in [3.8, 4) is 34.8 Å². The summed E-state index contributed by atoms with van der Waals surface area (Å²) in [7, 11) is 0. The maximum absolute atomic E-state index is 14.5. The maximum Gasteiger partial charge on any atom is 0.363 e. The van der Waals surface area contributed by atoms with E-state index >= 15 is 0 Å². The summed E-state index contributed by atoms with van der Waals surface area (Å²) in [5.41, 5.74) is -2.37. The van der Waals surface area contributed by atoms with Crippen LogP contribution in [0.4, 0.5) is 8.78 Å². The fourth-order valence-corrected chi connectivity index (χ4v) is 4.50. The predicted octanol–water partition coefficient (Wildman–Crippen LogP) is 3.43. The Morgan fingerprint density at radius 1 is 0.811 bits per heavy atom. The first-order chi connectivity index (χ1) is 17.6. The third kappa shape index (κ3) is 3.02. The summed E-state index contributed by atoms with van der Waals surface area (Å²) < 4.78 is 40.8. The van der Waals surface area contributed by atoms with Crippen LogP contribution in [0.5, 0.6) is 34.8 Å². The molecule has 1 spiro atoms. The van der Waals surface area contributed by atoms with Gasteiger partial charge in [-0.3, -0.25) is 0 Å². The normalized spacial score (nSPS) is 14.4. The van der Waals surface area contributed by atoms with E-state index in [1.54, 1.807) is 0 Å². The molecule has 186 valence electrons. The standard InChI is InChI=1S/C25H13F2NO9/c26-15-6-13-19(8-17(15)29)35-20-9-18(30)16(27)7-14(20)25(13)12-2-1-10(5-11(12)24(34)36-25)23(33)37-28-21(31)3-4-22(28)32/h1-9,29-32H. The number of hydrogen-bond acceptors (Lipinski definition) is 9. The first-order valence-corrected chi connectivity index (χ1v) is 10.5. The lowest BCUT2D eigenvalue weighted by atomic mass is 9.77. The van der Waals surface area contributed by atoms with E-state index in [9.17, 15) is 38.8 Å². The minimum Gasteiger partial charge on any atom is -0.505 e. The smallest absolute Gasteiger partial charge is 0.363 e. The highest BCUT2D eigenvalue weighted by Crippen LogP contribution is 2.57. The number of benzene rings is 3. The Balaban J connectivity index is 1.54. The van der Waals surface area contributed by atoms with Crippen molar-refractivity contribution in [2.24, 2.45) is 0 Å². The second-order valence-corrected chi connectivity index (χ2v) is 8.26. The predicted molar refractivity (Wildman–Crippen MR) is 117 cm³/mol. The third-order valence-electron chi connectivity index (χ3n) is 6.15. The molecule has 0 atom stereocenters. The maximum atomic E-state index is 14.5. The van der Waals surface area contributed by atoms with Crippen molar-refractivity contribution in [2.75, 3.05) is 0 Å². The van der Waals surface area contributed by atoms with Crippen molar-refractivity contribution in [1.29, 1.82) is 0 Å². The fraction of sp³-hybridized carbons (Fsp3) is 0.0400. The molecule has 6 rings (SSSR count). The van der Waals surface area contributed by atoms with Crippen LogP contribution in [-0.4, -0.2) is 37.1 Å². The summed E-state index contributed by atoms with van der Waals surface area (Å²) in [6, 6.07) is 9.48. The Labute approximate surface area is 204 Å². The highest BCUT2D eigenvalue weighted by atomic mass is 19.1. The van der Waals surface area contributed by atoms with Gasteiger partial charge in [-0.15, -0.1) is 4.73 Å². The number of aromatic hydroxyl groups is 4. The molecule has 10 nitrogen and oxygen atoms in total. The second kappa shape index (κ2) is 7.37. The first kappa shape index (κ1) is 22.2. The summed E-state index contributed by atoms with van der Waals surface area (Å²) >= 11 is 0. The number of rotatable bonds is 2. The lowest BCUT2D eigenvalue weighted by molar-refractivity contribution is 0.0221. The van der Waals surface area contributed by atoms with Gasteiger partial charge in [0.05, 0.1) is 22.3 Å². The first-order valence-electron chi connectivity index (χ1n) is 10.5. The van der Waals surface area contributed by atoms with Crippen LogP contribution in [0.15, 0.2) is 54.6 Å². The van der Waals surface area contributed by atoms with E-state index in [4.69, 9.17) is 14.3 Å². The van der Waals surface area contributed by atoms with Gasteiger partial charge in [0, 0.05) is 29.8 Å². The Morgan fingerprint density at radius 2 is 1.38 bits per heavy atom. The minimum atomic E-state index is -1.96. The van der Waals surface area contributed by atoms with Gasteiger partial charge in [-0.2, -0.15) is 0 Å². The van der Waals surface area contributed by atoms with Crippen molar-refractivity contribution in [2.45, 2.75) is 5.60 Å². The van der Waals surface area contributed by atoms with Gasteiger partial charge < -0.3 is 34.7 Å². The average molecular weight is 509 g/mol. The van der Waals surface area contributed by atoms with Crippen LogP contribution >= 0.6 is 0 Å². The van der Waals surface area contributed by atoms with E-state index in [0.29, 0.717) is 4.73 Å². The van der Waals surface area contributed by atoms with Gasteiger partial charge in [-0.1, -0.05) is 6.07 Å². The van der Waals surface area contributed by atoms with Gasteiger partial charge >= 0.3 is 11.9 Å². The van der Waals surface area contributed by atoms with E-state index in [-0.39, 0.29) is 39.3 Å². The number of aromatic nitrogens is 1. The molecule has 0 unspecified atom stereocenters. The summed E-state index contributed by atoms with van der Waals surface area (Å²) in [4.78, 5) is 30.7. The van der Waals surface area contributed by atoms with E-state index in [1.807, 2.05) is 0 Å². The lowest BCUT2D eigenvalue weighted by Crippen LogP contribution is -2.33. The SMILES string of the molecule is O=C(On1c(O)ccc1O)c1ccc2c(c1)C(=O)OC21c2cc(F)c(O)cc2Oc2cc(O)c(F)cc21. The zero-order chi connectivity index (χ0) is 26.2. The molecule has 0 fully saturated rings. The van der Waals surface area contributed by atoms with Crippen molar-refractivity contribution < 1.29 is 53.1 Å². The highest BCUT2D eigenvalue weighted by molar-refractivity contribution is 6.00. The molecule has 0 bridgehead atoms. The monoisotopic (exact) mass is 509 g/mol. The molecule has 2 aliphatic rings. The number of carbonyl (C=O) groups is 2. The molecule has 0 saturated heterocycles. The molecule has 37 heavy (non-hydrogen) atoms. The van der Waals surface area contributed by atoms with Gasteiger partial charge in [0.2, 0.25) is 11.8 Å². The van der Waals surface area contributed by atoms with E-state index in [1.165, 1.54) is 12.1 Å². The molecule has 0 aliphatic carbocycles. The zero-order valence-corrected chi connectivity index (χ0v) is 18.2. The van der Waals surface area contributed by atoms with Crippen molar-refractivity contribution in [1.82, 2.24) is 4.73 Å². The quantitative estimate of drug-likeness (QED) is 0.298. The van der Waals surface area contributed by atoms with Gasteiger partial charge in [-0.25, -0.2) is 18.4 Å². The van der Waals surface area contributed by atoms with E-state index < -0.39 is 52.4 Å². The Morgan fingerprint density at radius 3 is 1.95 bits per heavy atom. The lowest BCUT2D eigenvalue weighted by Gasteiger charge is -2.36. The van der Waals surface area contributed by atoms with Gasteiger partial charge in [0.25, 0.3) is 0 Å². The number of hydrogen-bond donors (Lipinski definition) is 4. The molecule has 12 heteroatoms. The average Bonchev–Trinajstić information content (AvgIpc) is 3.33. The number of ether oxygens (including phenoxy) is 2. The summed E-state index contributed by atoms with van der Waals surface area (Å²) in [5, 5.41) is 39.2. The Kier molecular flexibility index (Phi) is 4.43. The Bertz CT molecular complexity index is 1600. The number of phenols is 2. The topological polar surface area (TPSA) is 148 Å². The molecule has 3 heterocycles. The van der Waals surface area contributed by atoms with E-state index in [0.717, 1.165) is 42.5 Å². The van der Waals surface area contributed by atoms with Gasteiger partial charge in [0.1, 0.15) is 11.5 Å². The van der Waals surface area contributed by atoms with Gasteiger partial charge in [0.15, 0.2) is 28.7 Å². The van der Waals surface area contributed by atoms with E-state index in [2.05, 4.69) is 0 Å². The molecule has 0 amide bonds. The Hall–Kier alpha value is -5.26. The number of nitrogens with zero attached hydrogens (tertiary/aromatic N) is 1. The van der Waals surface area contributed by atoms with Crippen molar-refractivity contribution in [3.05, 3.63) is 94.0 Å². The molecule has 4 aromatic rings. The summed E-state index contributed by atoms with van der Waals surface area (Å²) in [6.07, 6.45) is 0. The molecule has 0 saturated carbocycles. The summed E-state index contributed by atoms with van der Waals surface area (Å²) in [6.45, 7) is 0. The van der Waals surface area contributed by atoms with Crippen LogP contribution in [-0.2, 0) is 10.3 Å². The molecular formula is C25H13F2NO9. The number of halogens is 2. The van der Waals surface area contributed by atoms with Crippen LogP contribution in [0.1, 0.15) is 37.4 Å². The number of phenolic OH excluding ortho intramolecular Hbond substituents is 2. The van der Waals surface area contributed by atoms with Crippen LogP contribution in [0, 0.1) is 11.6 Å². The van der Waals surface area contributed by atoms with Crippen molar-refractivity contribution >= 4 is 11.9 Å². The molecular weight excluding hydrogens is 496 g/mol. The zero-order valence-electron chi connectivity index (χ0n) is 18.2. The van der Waals surface area contributed by atoms with Crippen molar-refractivity contribution in [3.63, 3.8) is 0 Å². The molecule has 1 aromatic heterocycles. The van der Waals surface area contributed by atoms with Crippen LogP contribution in [0.2, 0.25) is 0 Å². The molecule has 2 aliphatic heterocycles. The van der Waals surface area contributed by atoms with Crippen LogP contribution in [0.3, 0.4) is 0 Å². The number of esters is 1. The minimum absolute atomic E-state index is 0.0787. The fourth-order valence-electron chi connectivity index (χ4n) is 4.50. The van der Waals surface area contributed by atoms with Crippen LogP contribution < -0.4 is 9.57 Å². The third-order valence-corrected chi connectivity index (χ3v) is 6.15. The summed E-state index contributed by atoms with van der Waals surface area (Å²) in [5.74, 6) is -7.05. The van der Waals surface area contributed by atoms with Gasteiger partial charge in [-0.05, 0) is 24.3 Å². The second-order valence-electron chi connectivity index (χ2n) is 8.26. The largest absolute Gasteiger partial charge is 0.505 e.